The van der Waals surface area contributed by atoms with Crippen molar-refractivity contribution in [2.45, 2.75) is 90.4 Å². The maximum atomic E-state index is 10.9. The number of hydrogen-bond acceptors (Lipinski definition) is 2. The van der Waals surface area contributed by atoms with E-state index in [-0.39, 0.29) is 5.97 Å². The molecule has 0 saturated heterocycles. The first-order valence-corrected chi connectivity index (χ1v) is 7.88. The van der Waals surface area contributed by atoms with Gasteiger partial charge in [-0.3, -0.25) is 4.79 Å². The van der Waals surface area contributed by atoms with Gasteiger partial charge in [-0.05, 0) is 6.42 Å². The molecular weight excluding hydrogens is 224 g/mol. The molecule has 0 saturated carbocycles. The highest BCUT2D eigenvalue weighted by molar-refractivity contribution is 5.68. The summed E-state index contributed by atoms with van der Waals surface area (Å²) < 4.78 is 4.61. The minimum absolute atomic E-state index is 0.0675. The van der Waals surface area contributed by atoms with E-state index in [1.54, 1.807) is 0 Å². The van der Waals surface area contributed by atoms with Gasteiger partial charge in [-0.1, -0.05) is 77.6 Å². The number of ether oxygens (including phenoxy) is 1. The summed E-state index contributed by atoms with van der Waals surface area (Å²) in [5.41, 5.74) is 0. The first kappa shape index (κ1) is 17.5. The van der Waals surface area contributed by atoms with E-state index in [1.165, 1.54) is 77.7 Å². The molecule has 0 heterocycles. The Balaban J connectivity index is 2.97. The molecule has 0 aliphatic heterocycles. The summed E-state index contributed by atoms with van der Waals surface area (Å²) in [7, 11) is 1.46. The van der Waals surface area contributed by atoms with Gasteiger partial charge >= 0.3 is 5.97 Å². The molecule has 0 N–H and O–H groups in total. The predicted octanol–water partition coefficient (Wildman–Crippen LogP) is 5.25. The minimum atomic E-state index is -0.0675. The summed E-state index contributed by atoms with van der Waals surface area (Å²) in [5, 5.41) is 0. The van der Waals surface area contributed by atoms with Crippen LogP contribution in [0.2, 0.25) is 0 Å². The van der Waals surface area contributed by atoms with Crippen LogP contribution in [-0.4, -0.2) is 13.1 Å². The van der Waals surface area contributed by atoms with E-state index in [9.17, 15) is 4.79 Å². The topological polar surface area (TPSA) is 26.3 Å². The number of carbonyl (C=O) groups excluding carboxylic acids is 1. The van der Waals surface area contributed by atoms with Crippen LogP contribution in [0.1, 0.15) is 90.4 Å². The van der Waals surface area contributed by atoms with Gasteiger partial charge in [-0.25, -0.2) is 0 Å². The van der Waals surface area contributed by atoms with Gasteiger partial charge < -0.3 is 4.74 Å². The average molecular weight is 256 g/mol. The second kappa shape index (κ2) is 14.5. The van der Waals surface area contributed by atoms with E-state index in [2.05, 4.69) is 11.7 Å². The van der Waals surface area contributed by atoms with Gasteiger partial charge in [0.15, 0.2) is 0 Å². The van der Waals surface area contributed by atoms with Crippen molar-refractivity contribution in [2.24, 2.45) is 0 Å². The third-order valence-corrected chi connectivity index (χ3v) is 3.46. The van der Waals surface area contributed by atoms with Crippen molar-refractivity contribution in [3.05, 3.63) is 0 Å². The predicted molar refractivity (Wildman–Crippen MR) is 77.7 cm³/mol. The van der Waals surface area contributed by atoms with Gasteiger partial charge in [-0.15, -0.1) is 0 Å². The fourth-order valence-corrected chi connectivity index (χ4v) is 2.21. The molecule has 0 amide bonds. The number of esters is 1. The van der Waals surface area contributed by atoms with Gasteiger partial charge in [0, 0.05) is 6.42 Å². The molecule has 0 radical (unpaired) electrons. The SMILES string of the molecule is CCCCCCCCCCCCCCC(=O)OC. The van der Waals surface area contributed by atoms with Crippen molar-refractivity contribution < 1.29 is 9.53 Å². The second-order valence-corrected chi connectivity index (χ2v) is 5.22. The molecule has 0 aromatic heterocycles. The third-order valence-electron chi connectivity index (χ3n) is 3.46. The first-order chi connectivity index (χ1) is 8.81. The molecule has 0 spiro atoms. The minimum Gasteiger partial charge on any atom is -0.469 e. The largest absolute Gasteiger partial charge is 0.469 e. The standard InChI is InChI=1S/C16H32O2/c1-3-4-5-6-7-8-9-10-11-12-13-14-15-16(17)18-2/h3-15H2,1-2H3. The number of carbonyl (C=O) groups is 1. The highest BCUT2D eigenvalue weighted by atomic mass is 16.5. The molecular formula is C16H32O2. The molecule has 18 heavy (non-hydrogen) atoms. The normalized spacial score (nSPS) is 10.6. The van der Waals surface area contributed by atoms with Crippen LogP contribution in [0.25, 0.3) is 0 Å². The Morgan fingerprint density at radius 2 is 1.11 bits per heavy atom. The molecule has 2 heteroatoms. The molecule has 0 aromatic carbocycles. The first-order valence-electron chi connectivity index (χ1n) is 7.88. The van der Waals surface area contributed by atoms with Gasteiger partial charge in [0.1, 0.15) is 0 Å². The molecule has 0 fully saturated rings. The highest BCUT2D eigenvalue weighted by Crippen LogP contribution is 2.12. The number of unbranched alkanes of at least 4 members (excludes halogenated alkanes) is 11. The average Bonchev–Trinajstić information content (AvgIpc) is 2.39. The van der Waals surface area contributed by atoms with E-state index in [0.29, 0.717) is 6.42 Å². The second-order valence-electron chi connectivity index (χ2n) is 5.22. The molecule has 0 atom stereocenters. The lowest BCUT2D eigenvalue weighted by Gasteiger charge is -2.02. The summed E-state index contributed by atoms with van der Waals surface area (Å²) in [6.07, 6.45) is 16.5. The lowest BCUT2D eigenvalue weighted by atomic mass is 10.0. The summed E-state index contributed by atoms with van der Waals surface area (Å²) in [5.74, 6) is -0.0675. The third kappa shape index (κ3) is 13.5. The van der Waals surface area contributed by atoms with E-state index < -0.39 is 0 Å². The van der Waals surface area contributed by atoms with Crippen molar-refractivity contribution in [2.75, 3.05) is 7.11 Å². The zero-order valence-electron chi connectivity index (χ0n) is 12.5. The Labute approximate surface area is 113 Å². The monoisotopic (exact) mass is 256 g/mol. The molecule has 0 aliphatic carbocycles. The van der Waals surface area contributed by atoms with Crippen LogP contribution in [0.15, 0.2) is 0 Å². The van der Waals surface area contributed by atoms with E-state index in [4.69, 9.17) is 0 Å². The van der Waals surface area contributed by atoms with Crippen molar-refractivity contribution in [3.8, 4) is 0 Å². The molecule has 0 unspecified atom stereocenters. The molecule has 108 valence electrons. The van der Waals surface area contributed by atoms with Crippen molar-refractivity contribution in [1.82, 2.24) is 0 Å². The fraction of sp³-hybridized carbons (Fsp3) is 0.938. The van der Waals surface area contributed by atoms with Crippen LogP contribution in [0, 0.1) is 0 Å². The van der Waals surface area contributed by atoms with Gasteiger partial charge in [-0.2, -0.15) is 0 Å². The summed E-state index contributed by atoms with van der Waals surface area (Å²) in [6.45, 7) is 2.26. The lowest BCUT2D eigenvalue weighted by molar-refractivity contribution is -0.140. The summed E-state index contributed by atoms with van der Waals surface area (Å²) in [4.78, 5) is 10.9. The number of methoxy groups -OCH3 is 1. The molecule has 0 rings (SSSR count). The fourth-order valence-electron chi connectivity index (χ4n) is 2.21. The van der Waals surface area contributed by atoms with Crippen molar-refractivity contribution in [3.63, 3.8) is 0 Å². The van der Waals surface area contributed by atoms with Crippen LogP contribution in [0.5, 0.6) is 0 Å². The zero-order valence-corrected chi connectivity index (χ0v) is 12.5. The lowest BCUT2D eigenvalue weighted by Crippen LogP contribution is -1.99. The van der Waals surface area contributed by atoms with Crippen LogP contribution in [0.4, 0.5) is 0 Å². The van der Waals surface area contributed by atoms with E-state index in [1.807, 2.05) is 0 Å². The highest BCUT2D eigenvalue weighted by Gasteiger charge is 1.99. The summed E-state index contributed by atoms with van der Waals surface area (Å²) >= 11 is 0. The Morgan fingerprint density at radius 1 is 0.722 bits per heavy atom. The number of hydrogen-bond donors (Lipinski definition) is 0. The molecule has 0 aromatic rings. The Morgan fingerprint density at radius 3 is 1.50 bits per heavy atom. The van der Waals surface area contributed by atoms with Crippen LogP contribution >= 0.6 is 0 Å². The molecule has 2 nitrogen and oxygen atoms in total. The van der Waals surface area contributed by atoms with Gasteiger partial charge in [0.2, 0.25) is 0 Å². The van der Waals surface area contributed by atoms with Crippen LogP contribution in [0.3, 0.4) is 0 Å². The maximum Gasteiger partial charge on any atom is 0.305 e. The maximum absolute atomic E-state index is 10.9. The summed E-state index contributed by atoms with van der Waals surface area (Å²) in [6, 6.07) is 0. The van der Waals surface area contributed by atoms with Crippen LogP contribution < -0.4 is 0 Å². The van der Waals surface area contributed by atoms with Crippen molar-refractivity contribution in [1.29, 1.82) is 0 Å². The van der Waals surface area contributed by atoms with Crippen molar-refractivity contribution >= 4 is 5.97 Å². The Kier molecular flexibility index (Phi) is 14.1. The molecule has 0 aliphatic rings. The van der Waals surface area contributed by atoms with E-state index >= 15 is 0 Å². The number of rotatable bonds is 13. The Bertz CT molecular complexity index is 178. The van der Waals surface area contributed by atoms with Gasteiger partial charge in [0.25, 0.3) is 0 Å². The smallest absolute Gasteiger partial charge is 0.305 e. The van der Waals surface area contributed by atoms with Gasteiger partial charge in [0.05, 0.1) is 7.11 Å². The quantitative estimate of drug-likeness (QED) is 0.332. The Hall–Kier alpha value is -0.530. The van der Waals surface area contributed by atoms with E-state index in [0.717, 1.165) is 6.42 Å². The molecule has 0 bridgehead atoms. The zero-order chi connectivity index (χ0) is 13.5. The van der Waals surface area contributed by atoms with Crippen LogP contribution in [-0.2, 0) is 9.53 Å².